The van der Waals surface area contributed by atoms with Crippen LogP contribution in [0.1, 0.15) is 19.8 Å². The molecule has 1 atom stereocenters. The van der Waals surface area contributed by atoms with Gasteiger partial charge in [0.25, 0.3) is 0 Å². The van der Waals surface area contributed by atoms with E-state index in [1.54, 1.807) is 0 Å². The van der Waals surface area contributed by atoms with Crippen LogP contribution in [0.3, 0.4) is 0 Å². The Hall–Kier alpha value is 1.96. The Kier molecular flexibility index (Phi) is 7.78. The van der Waals surface area contributed by atoms with Gasteiger partial charge in [0.1, 0.15) is 0 Å². The molecule has 0 bridgehead atoms. The van der Waals surface area contributed by atoms with E-state index in [4.69, 9.17) is 0 Å². The minimum absolute atomic E-state index is 0.641. The second kappa shape index (κ2) is 6.08. The van der Waals surface area contributed by atoms with Gasteiger partial charge in [0.2, 0.25) is 0 Å². The van der Waals surface area contributed by atoms with Gasteiger partial charge in [-0.15, -0.1) is 0 Å². The second-order valence-electron chi connectivity index (χ2n) is 1.63. The van der Waals surface area contributed by atoms with Crippen molar-refractivity contribution < 1.29 is 3.83 Å². The molecule has 38 valence electrons. The molecule has 0 amide bonds. The van der Waals surface area contributed by atoms with Gasteiger partial charge in [0.05, 0.1) is 0 Å². The van der Waals surface area contributed by atoms with E-state index in [0.29, 0.717) is 45.4 Å². The Labute approximate surface area is 77.0 Å². The molecule has 0 saturated heterocycles. The minimum atomic E-state index is -1.14. The van der Waals surface area contributed by atoms with E-state index in [2.05, 4.69) is 6.92 Å². The van der Waals surface area contributed by atoms with Crippen LogP contribution in [0.2, 0.25) is 5.32 Å². The summed E-state index contributed by atoms with van der Waals surface area (Å²) < 4.78 is 9.35. The van der Waals surface area contributed by atoms with Crippen LogP contribution in [0.4, 0.5) is 0 Å². The van der Waals surface area contributed by atoms with Crippen molar-refractivity contribution >= 4 is 49.9 Å². The predicted molar refractivity (Wildman–Crippen MR) is 31.9 cm³/mol. The third-order valence-electron chi connectivity index (χ3n) is 0.785. The molecular weight excluding hydrogens is 182 g/mol. The van der Waals surface area contributed by atoms with E-state index >= 15 is 0 Å². The number of unbranched alkanes of at least 4 members (excludes halogenated alkanes) is 1. The Morgan fingerprint density at radius 2 is 2.29 bits per heavy atom. The molecular formula is C4H9KOSe. The quantitative estimate of drug-likeness (QED) is 0.605. The standard InChI is InChI=1S/C4H9OSe.K/c1-2-3-4-6-5;/h2-4H2,1H3;/q+1;-1. The van der Waals surface area contributed by atoms with Crippen LogP contribution >= 0.6 is 0 Å². The molecule has 0 N–H and O–H groups in total. The molecule has 1 nitrogen and oxygen atoms in total. The van der Waals surface area contributed by atoms with Crippen LogP contribution in [-0.4, -0.2) is 49.9 Å². The zero-order valence-corrected chi connectivity index (χ0v) is 9.77. The molecule has 0 aromatic carbocycles. The number of hydrogen-bond acceptors (Lipinski definition) is 1. The van der Waals surface area contributed by atoms with E-state index in [1.807, 2.05) is 0 Å². The average Bonchev–Trinajstić information content (AvgIpc) is 1.61. The SMILES string of the molecule is CCCC[Se](=O)[K]. The molecule has 3 heteroatoms. The molecule has 0 spiro atoms. The molecule has 0 aromatic rings. The van der Waals surface area contributed by atoms with Gasteiger partial charge in [0.15, 0.2) is 0 Å². The van der Waals surface area contributed by atoms with Gasteiger partial charge in [-0.05, 0) is 0 Å². The van der Waals surface area contributed by atoms with Crippen LogP contribution in [-0.2, 0) is 3.83 Å². The summed E-state index contributed by atoms with van der Waals surface area (Å²) in [6, 6.07) is 0. The van der Waals surface area contributed by atoms with Gasteiger partial charge in [-0.3, -0.25) is 0 Å². The fraction of sp³-hybridized carbons (Fsp3) is 1.00. The van der Waals surface area contributed by atoms with E-state index in [1.165, 1.54) is 12.8 Å². The Morgan fingerprint density at radius 3 is 2.43 bits per heavy atom. The summed E-state index contributed by atoms with van der Waals surface area (Å²) in [6.07, 6.45) is 2.40. The zero-order valence-electron chi connectivity index (χ0n) is 4.94. The third-order valence-corrected chi connectivity index (χ3v) is 5.91. The number of hydrogen-bond donors (Lipinski definition) is 0. The fourth-order valence-corrected chi connectivity index (χ4v) is 4.15. The van der Waals surface area contributed by atoms with E-state index < -0.39 is 4.48 Å². The molecule has 0 heterocycles. The van der Waals surface area contributed by atoms with E-state index in [-0.39, 0.29) is 0 Å². The summed E-state index contributed by atoms with van der Waals surface area (Å²) in [5, 5.41) is 1.05. The molecule has 0 radical (unpaired) electrons. The van der Waals surface area contributed by atoms with Crippen molar-refractivity contribution in [1.82, 2.24) is 0 Å². The van der Waals surface area contributed by atoms with E-state index in [0.717, 1.165) is 5.32 Å². The molecule has 0 aliphatic carbocycles. The molecule has 0 aliphatic heterocycles. The van der Waals surface area contributed by atoms with Crippen molar-refractivity contribution in [3.63, 3.8) is 0 Å². The molecule has 0 aromatic heterocycles. The first kappa shape index (κ1) is 8.96. The molecule has 0 fully saturated rings. The molecule has 0 aliphatic rings. The van der Waals surface area contributed by atoms with Crippen molar-refractivity contribution in [3.05, 3.63) is 0 Å². The maximum absolute atomic E-state index is 10.5. The molecule has 1 unspecified atom stereocenters. The van der Waals surface area contributed by atoms with Crippen molar-refractivity contribution in [2.45, 2.75) is 25.1 Å². The first-order valence-corrected chi connectivity index (χ1v) is 12.8. The van der Waals surface area contributed by atoms with Crippen molar-refractivity contribution in [3.8, 4) is 0 Å². The monoisotopic (exact) mass is 192 g/mol. The fourth-order valence-electron chi connectivity index (χ4n) is 0.348. The number of rotatable bonds is 3. The zero-order chi connectivity index (χ0) is 5.70. The van der Waals surface area contributed by atoms with Crippen molar-refractivity contribution in [2.75, 3.05) is 0 Å². The first-order chi connectivity index (χ1) is 3.27. The summed E-state index contributed by atoms with van der Waals surface area (Å²) in [7, 11) is 0. The summed E-state index contributed by atoms with van der Waals surface area (Å²) >= 11 is 0.641. The summed E-state index contributed by atoms with van der Waals surface area (Å²) in [4.78, 5) is 0. The predicted octanol–water partition coefficient (Wildman–Crippen LogP) is 0.874. The van der Waals surface area contributed by atoms with Crippen LogP contribution in [0, 0.1) is 0 Å². The van der Waals surface area contributed by atoms with Crippen molar-refractivity contribution in [2.24, 2.45) is 0 Å². The van der Waals surface area contributed by atoms with Crippen molar-refractivity contribution in [1.29, 1.82) is 0 Å². The van der Waals surface area contributed by atoms with Gasteiger partial charge in [-0.25, -0.2) is 0 Å². The summed E-state index contributed by atoms with van der Waals surface area (Å²) in [5.41, 5.74) is 0. The first-order valence-electron chi connectivity index (χ1n) is 2.57. The molecule has 7 heavy (non-hydrogen) atoms. The topological polar surface area (TPSA) is 17.1 Å². The van der Waals surface area contributed by atoms with Crippen LogP contribution in [0.25, 0.3) is 0 Å². The average molecular weight is 191 g/mol. The van der Waals surface area contributed by atoms with Crippen LogP contribution in [0.15, 0.2) is 0 Å². The van der Waals surface area contributed by atoms with Crippen LogP contribution in [0.5, 0.6) is 0 Å². The van der Waals surface area contributed by atoms with Gasteiger partial charge in [0, 0.05) is 0 Å². The van der Waals surface area contributed by atoms with E-state index in [9.17, 15) is 3.83 Å². The Balaban J connectivity index is 2.82. The maximum atomic E-state index is 10.5. The summed E-state index contributed by atoms with van der Waals surface area (Å²) in [6.45, 7) is 2.14. The third kappa shape index (κ3) is 7.96. The molecule has 0 saturated carbocycles. The second-order valence-corrected chi connectivity index (χ2v) is 12.3. The van der Waals surface area contributed by atoms with Gasteiger partial charge >= 0.3 is 78.8 Å². The Bertz CT molecular complexity index is 64.7. The summed E-state index contributed by atoms with van der Waals surface area (Å²) in [5.74, 6) is 0. The molecule has 0 rings (SSSR count). The van der Waals surface area contributed by atoms with Crippen LogP contribution < -0.4 is 0 Å². The normalized spacial score (nSPS) is 14.1. The Morgan fingerprint density at radius 1 is 1.71 bits per heavy atom. The van der Waals surface area contributed by atoms with Gasteiger partial charge < -0.3 is 0 Å². The van der Waals surface area contributed by atoms with Gasteiger partial charge in [-0.1, -0.05) is 0 Å². The van der Waals surface area contributed by atoms with Gasteiger partial charge in [-0.2, -0.15) is 0 Å².